The third-order valence-corrected chi connectivity index (χ3v) is 4.27. The van der Waals surface area contributed by atoms with Crippen molar-refractivity contribution in [3.05, 3.63) is 47.0 Å². The van der Waals surface area contributed by atoms with Crippen molar-refractivity contribution in [2.45, 2.75) is 33.4 Å². The highest BCUT2D eigenvalue weighted by Crippen LogP contribution is 2.23. The molecule has 0 aromatic carbocycles. The lowest BCUT2D eigenvalue weighted by molar-refractivity contribution is -0.0230. The van der Waals surface area contributed by atoms with Gasteiger partial charge in [0, 0.05) is 30.5 Å². The highest BCUT2D eigenvalue weighted by Gasteiger charge is 2.27. The van der Waals surface area contributed by atoms with Gasteiger partial charge in [0.1, 0.15) is 11.8 Å². The van der Waals surface area contributed by atoms with E-state index in [0.717, 1.165) is 23.4 Å². The Morgan fingerprint density at radius 1 is 1.39 bits per heavy atom. The van der Waals surface area contributed by atoms with Gasteiger partial charge in [0.15, 0.2) is 0 Å². The van der Waals surface area contributed by atoms with Gasteiger partial charge >= 0.3 is 0 Å². The molecule has 0 aliphatic carbocycles. The molecule has 0 saturated carbocycles. The van der Waals surface area contributed by atoms with Crippen LogP contribution in [0.25, 0.3) is 0 Å². The first kappa shape index (κ1) is 15.7. The molecule has 1 amide bonds. The topological polar surface area (TPSA) is 60.2 Å². The van der Waals surface area contributed by atoms with E-state index >= 15 is 0 Å². The van der Waals surface area contributed by atoms with Gasteiger partial charge in [-0.15, -0.1) is 0 Å². The van der Waals surface area contributed by atoms with Crippen molar-refractivity contribution in [2.24, 2.45) is 0 Å². The molecular weight excluding hydrogens is 292 g/mol. The van der Waals surface area contributed by atoms with E-state index in [1.54, 1.807) is 6.07 Å². The Kier molecular flexibility index (Phi) is 4.43. The van der Waals surface area contributed by atoms with Gasteiger partial charge in [-0.2, -0.15) is 5.10 Å². The molecule has 1 fully saturated rings. The number of rotatable bonds is 3. The Bertz CT molecular complexity index is 710. The summed E-state index contributed by atoms with van der Waals surface area (Å²) in [5.74, 6) is -0.0377. The number of ether oxygens (including phenoxy) is 1. The van der Waals surface area contributed by atoms with E-state index < -0.39 is 0 Å². The van der Waals surface area contributed by atoms with Crippen molar-refractivity contribution in [1.82, 2.24) is 19.7 Å². The molecule has 1 aliphatic heterocycles. The summed E-state index contributed by atoms with van der Waals surface area (Å²) < 4.78 is 7.68. The number of pyridine rings is 1. The van der Waals surface area contributed by atoms with Crippen molar-refractivity contribution >= 4 is 5.91 Å². The molecule has 0 N–H and O–H groups in total. The van der Waals surface area contributed by atoms with Crippen molar-refractivity contribution in [1.29, 1.82) is 0 Å². The zero-order chi connectivity index (χ0) is 16.4. The number of nitrogens with zero attached hydrogens (tertiary/aromatic N) is 4. The number of carbonyl (C=O) groups is 1. The zero-order valence-corrected chi connectivity index (χ0v) is 13.8. The Morgan fingerprint density at radius 2 is 2.22 bits per heavy atom. The van der Waals surface area contributed by atoms with E-state index in [-0.39, 0.29) is 12.0 Å². The highest BCUT2D eigenvalue weighted by atomic mass is 16.5. The van der Waals surface area contributed by atoms with E-state index in [9.17, 15) is 4.79 Å². The monoisotopic (exact) mass is 314 g/mol. The molecule has 0 bridgehead atoms. The van der Waals surface area contributed by atoms with E-state index in [1.807, 2.05) is 48.8 Å². The van der Waals surface area contributed by atoms with E-state index in [2.05, 4.69) is 10.1 Å². The molecular formula is C17H22N4O2. The van der Waals surface area contributed by atoms with Crippen LogP contribution >= 0.6 is 0 Å². The first-order valence-electron chi connectivity index (χ1n) is 7.96. The van der Waals surface area contributed by atoms with Gasteiger partial charge in [0.2, 0.25) is 0 Å². The average Bonchev–Trinajstić information content (AvgIpc) is 3.06. The number of amides is 1. The predicted molar refractivity (Wildman–Crippen MR) is 86.2 cm³/mol. The second-order valence-electron chi connectivity index (χ2n) is 5.84. The fraction of sp³-hybridized carbons (Fsp3) is 0.471. The zero-order valence-electron chi connectivity index (χ0n) is 13.8. The molecule has 122 valence electrons. The quantitative estimate of drug-likeness (QED) is 0.871. The first-order chi connectivity index (χ1) is 11.1. The molecule has 3 rings (SSSR count). The third-order valence-electron chi connectivity index (χ3n) is 4.27. The Balaban J connectivity index is 1.74. The fourth-order valence-electron chi connectivity index (χ4n) is 2.67. The molecule has 2 aromatic rings. The first-order valence-corrected chi connectivity index (χ1v) is 7.96. The summed E-state index contributed by atoms with van der Waals surface area (Å²) in [6, 6.07) is 3.74. The van der Waals surface area contributed by atoms with Crippen LogP contribution in [0.4, 0.5) is 0 Å². The molecule has 0 spiro atoms. The summed E-state index contributed by atoms with van der Waals surface area (Å²) >= 11 is 0. The Hall–Kier alpha value is -2.21. The van der Waals surface area contributed by atoms with E-state index in [1.165, 1.54) is 0 Å². The number of aryl methyl sites for hydroxylation is 3. The number of morpholine rings is 1. The van der Waals surface area contributed by atoms with Gasteiger partial charge in [-0.1, -0.05) is 6.07 Å². The number of hydrogen-bond acceptors (Lipinski definition) is 4. The largest absolute Gasteiger partial charge is 0.370 e. The van der Waals surface area contributed by atoms with Crippen molar-refractivity contribution in [3.63, 3.8) is 0 Å². The van der Waals surface area contributed by atoms with Crippen LogP contribution in [0.15, 0.2) is 24.5 Å². The molecule has 1 atom stereocenters. The molecule has 6 heteroatoms. The van der Waals surface area contributed by atoms with Gasteiger partial charge in [-0.3, -0.25) is 9.48 Å². The van der Waals surface area contributed by atoms with Crippen LogP contribution in [0.1, 0.15) is 40.3 Å². The predicted octanol–water partition coefficient (Wildman–Crippen LogP) is 2.13. The maximum absolute atomic E-state index is 12.7. The van der Waals surface area contributed by atoms with E-state index in [4.69, 9.17) is 4.74 Å². The molecule has 1 aliphatic rings. The lowest BCUT2D eigenvalue weighted by atomic mass is 10.1. The Morgan fingerprint density at radius 3 is 2.91 bits per heavy atom. The second-order valence-corrected chi connectivity index (χ2v) is 5.84. The Labute approximate surface area is 136 Å². The van der Waals surface area contributed by atoms with Crippen molar-refractivity contribution < 1.29 is 9.53 Å². The maximum Gasteiger partial charge on any atom is 0.272 e. The van der Waals surface area contributed by atoms with Crippen LogP contribution in [0.3, 0.4) is 0 Å². The summed E-state index contributed by atoms with van der Waals surface area (Å²) in [4.78, 5) is 18.9. The van der Waals surface area contributed by atoms with Crippen LogP contribution < -0.4 is 0 Å². The molecule has 23 heavy (non-hydrogen) atoms. The van der Waals surface area contributed by atoms with Crippen molar-refractivity contribution in [3.8, 4) is 0 Å². The molecule has 6 nitrogen and oxygen atoms in total. The summed E-state index contributed by atoms with van der Waals surface area (Å²) in [6.45, 7) is 8.43. The summed E-state index contributed by atoms with van der Waals surface area (Å²) in [5.41, 5.74) is 3.49. The normalized spacial score (nSPS) is 18.2. The van der Waals surface area contributed by atoms with Gasteiger partial charge < -0.3 is 9.64 Å². The van der Waals surface area contributed by atoms with Crippen LogP contribution in [0, 0.1) is 13.8 Å². The van der Waals surface area contributed by atoms with Crippen LogP contribution in [-0.4, -0.2) is 45.3 Å². The smallest absolute Gasteiger partial charge is 0.272 e. The molecule has 1 unspecified atom stereocenters. The highest BCUT2D eigenvalue weighted by molar-refractivity contribution is 5.92. The van der Waals surface area contributed by atoms with Crippen molar-refractivity contribution in [2.75, 3.05) is 19.7 Å². The summed E-state index contributed by atoms with van der Waals surface area (Å²) in [5, 5.41) is 4.28. The molecule has 3 heterocycles. The van der Waals surface area contributed by atoms with Gasteiger partial charge in [0.25, 0.3) is 5.91 Å². The third kappa shape index (κ3) is 3.27. The lowest BCUT2D eigenvalue weighted by Gasteiger charge is -2.32. The van der Waals surface area contributed by atoms with Crippen LogP contribution in [0.2, 0.25) is 0 Å². The second kappa shape index (κ2) is 6.50. The minimum Gasteiger partial charge on any atom is -0.370 e. The SMILES string of the molecule is CCn1cc(C2CN(C(=O)c3ccc(C)c(C)n3)CCO2)cn1. The minimum atomic E-state index is -0.125. The van der Waals surface area contributed by atoms with E-state index in [0.29, 0.717) is 25.4 Å². The molecule has 0 radical (unpaired) electrons. The molecule has 2 aromatic heterocycles. The summed E-state index contributed by atoms with van der Waals surface area (Å²) in [7, 11) is 0. The van der Waals surface area contributed by atoms with Crippen LogP contribution in [-0.2, 0) is 11.3 Å². The fourth-order valence-corrected chi connectivity index (χ4v) is 2.67. The van der Waals surface area contributed by atoms with Gasteiger partial charge in [0.05, 0.1) is 19.3 Å². The standard InChI is InChI=1S/C17H22N4O2/c1-4-21-10-14(9-18-21)16-11-20(7-8-23-16)17(22)15-6-5-12(2)13(3)19-15/h5-6,9-10,16H,4,7-8,11H2,1-3H3. The minimum absolute atomic E-state index is 0.0377. The van der Waals surface area contributed by atoms with Gasteiger partial charge in [-0.25, -0.2) is 4.98 Å². The lowest BCUT2D eigenvalue weighted by Crippen LogP contribution is -2.42. The number of hydrogen-bond donors (Lipinski definition) is 0. The van der Waals surface area contributed by atoms with Gasteiger partial charge in [-0.05, 0) is 32.4 Å². The average molecular weight is 314 g/mol. The summed E-state index contributed by atoms with van der Waals surface area (Å²) in [6.07, 6.45) is 3.67. The van der Waals surface area contributed by atoms with Crippen LogP contribution in [0.5, 0.6) is 0 Å². The number of aromatic nitrogens is 3. The molecule has 1 saturated heterocycles. The maximum atomic E-state index is 12.7. The number of carbonyl (C=O) groups excluding carboxylic acids is 1.